The first kappa shape index (κ1) is 26.9. The van der Waals surface area contributed by atoms with E-state index < -0.39 is 23.5 Å². The third kappa shape index (κ3) is 4.70. The molecule has 1 N–H and O–H groups in total. The van der Waals surface area contributed by atoms with Crippen LogP contribution in [0.5, 0.6) is 0 Å². The van der Waals surface area contributed by atoms with Crippen LogP contribution in [0.1, 0.15) is 40.5 Å². The minimum atomic E-state index is -4.86. The van der Waals surface area contributed by atoms with Gasteiger partial charge >= 0.3 is 11.9 Å². The van der Waals surface area contributed by atoms with E-state index in [9.17, 15) is 32.4 Å². The van der Waals surface area contributed by atoms with Crippen LogP contribution in [0.2, 0.25) is 0 Å². The van der Waals surface area contributed by atoms with E-state index in [1.165, 1.54) is 23.1 Å². The molecule has 1 fully saturated rings. The van der Waals surface area contributed by atoms with Crippen molar-refractivity contribution in [1.29, 1.82) is 5.26 Å². The van der Waals surface area contributed by atoms with Crippen LogP contribution in [0.3, 0.4) is 0 Å². The summed E-state index contributed by atoms with van der Waals surface area (Å²) in [4.78, 5) is 34.7. The maximum Gasteiger partial charge on any atom is 0.419 e. The van der Waals surface area contributed by atoms with Crippen molar-refractivity contribution in [3.8, 4) is 23.0 Å². The van der Waals surface area contributed by atoms with E-state index in [1.807, 2.05) is 0 Å². The number of pyridine rings is 1. The number of amides is 1. The van der Waals surface area contributed by atoms with Gasteiger partial charge in [-0.05, 0) is 55.3 Å². The number of rotatable bonds is 4. The number of hydrogen-bond donors (Lipinski definition) is 1. The molecule has 212 valence electrons. The molecule has 0 bridgehead atoms. The van der Waals surface area contributed by atoms with Gasteiger partial charge in [0.15, 0.2) is 5.69 Å². The maximum absolute atomic E-state index is 14.5. The molecule has 1 aliphatic rings. The summed E-state index contributed by atoms with van der Waals surface area (Å²) in [6.45, 7) is 0.586. The zero-order valence-corrected chi connectivity index (χ0v) is 21.8. The lowest BCUT2D eigenvalue weighted by Crippen LogP contribution is -2.40. The van der Waals surface area contributed by atoms with E-state index in [-0.39, 0.29) is 23.1 Å². The number of halogens is 4. The third-order valence-corrected chi connectivity index (χ3v) is 7.36. The number of alkyl halides is 3. The Labute approximate surface area is 235 Å². The maximum atomic E-state index is 14.5. The van der Waals surface area contributed by atoms with Gasteiger partial charge in [-0.25, -0.2) is 13.9 Å². The van der Waals surface area contributed by atoms with Crippen molar-refractivity contribution in [3.05, 3.63) is 100 Å². The SMILES string of the molecule is N#Cc1cccc2[nH]c(=O)n(C3CCN(C(=O)c4cc(-c5cccnc5)n(-c5ccc(C(F)(F)F)c(F)c5)n4)CC3)c12. The fourth-order valence-corrected chi connectivity index (χ4v) is 5.38. The number of nitrogens with zero attached hydrogens (tertiary/aromatic N) is 6. The molecular weight excluding hydrogens is 554 g/mol. The highest BCUT2D eigenvalue weighted by atomic mass is 19.4. The Hall–Kier alpha value is -5.25. The standard InChI is InChI=1S/C29H21F4N7O2/c30-22-13-20(6-7-21(22)29(31,32)33)40-25(18-4-2-10-35-16-18)14-24(37-40)27(41)38-11-8-19(9-12-38)39-26-17(15-34)3-1-5-23(26)36-28(39)42/h1-7,10,13-14,16,19H,8-9,11-12H2,(H,36,42). The second kappa shape index (κ2) is 10.3. The minimum absolute atomic E-state index is 0.00381. The highest BCUT2D eigenvalue weighted by Crippen LogP contribution is 2.33. The first-order valence-corrected chi connectivity index (χ1v) is 13.0. The lowest BCUT2D eigenvalue weighted by molar-refractivity contribution is -0.140. The highest BCUT2D eigenvalue weighted by molar-refractivity contribution is 5.93. The zero-order valence-electron chi connectivity index (χ0n) is 21.8. The molecule has 5 aromatic rings. The summed E-state index contributed by atoms with van der Waals surface area (Å²) in [5, 5.41) is 13.9. The molecule has 0 spiro atoms. The topological polar surface area (TPSA) is 113 Å². The quantitative estimate of drug-likeness (QED) is 0.300. The molecule has 0 aliphatic carbocycles. The highest BCUT2D eigenvalue weighted by Gasteiger charge is 2.34. The number of fused-ring (bicyclic) bond motifs is 1. The van der Waals surface area contributed by atoms with Crippen LogP contribution < -0.4 is 5.69 Å². The molecule has 1 aliphatic heterocycles. The lowest BCUT2D eigenvalue weighted by Gasteiger charge is -2.32. The van der Waals surface area contributed by atoms with Gasteiger partial charge in [0.2, 0.25) is 0 Å². The molecule has 3 aromatic heterocycles. The van der Waals surface area contributed by atoms with Crippen LogP contribution in [0.15, 0.2) is 71.8 Å². The molecule has 1 saturated heterocycles. The number of carbonyl (C=O) groups is 1. The van der Waals surface area contributed by atoms with Crippen molar-refractivity contribution < 1.29 is 22.4 Å². The van der Waals surface area contributed by atoms with E-state index in [4.69, 9.17) is 0 Å². The Morgan fingerprint density at radius 2 is 1.86 bits per heavy atom. The van der Waals surface area contributed by atoms with E-state index in [0.29, 0.717) is 59.9 Å². The molecule has 6 rings (SSSR count). The van der Waals surface area contributed by atoms with Gasteiger partial charge in [-0.3, -0.25) is 14.3 Å². The summed E-state index contributed by atoms with van der Waals surface area (Å²) in [6.07, 6.45) is -0.934. The second-order valence-corrected chi connectivity index (χ2v) is 9.87. The molecule has 0 unspecified atom stereocenters. The zero-order chi connectivity index (χ0) is 29.6. The molecule has 42 heavy (non-hydrogen) atoms. The first-order valence-electron chi connectivity index (χ1n) is 13.0. The molecule has 13 heteroatoms. The number of carbonyl (C=O) groups excluding carboxylic acids is 1. The van der Waals surface area contributed by atoms with E-state index >= 15 is 0 Å². The molecule has 2 aromatic carbocycles. The number of H-pyrrole nitrogens is 1. The molecule has 0 radical (unpaired) electrons. The van der Waals surface area contributed by atoms with Crippen molar-refractivity contribution in [2.75, 3.05) is 13.1 Å². The van der Waals surface area contributed by atoms with Crippen molar-refractivity contribution in [2.45, 2.75) is 25.1 Å². The Kier molecular flexibility index (Phi) is 6.61. The number of nitrogens with one attached hydrogen (secondary N) is 1. The molecule has 1 amide bonds. The number of benzene rings is 2. The van der Waals surface area contributed by atoms with Crippen molar-refractivity contribution in [3.63, 3.8) is 0 Å². The van der Waals surface area contributed by atoms with E-state index in [1.54, 1.807) is 39.8 Å². The van der Waals surface area contributed by atoms with E-state index in [2.05, 4.69) is 21.1 Å². The van der Waals surface area contributed by atoms with Crippen LogP contribution in [0.25, 0.3) is 28.0 Å². The Bertz CT molecular complexity index is 1910. The largest absolute Gasteiger partial charge is 0.419 e. The summed E-state index contributed by atoms with van der Waals surface area (Å²) >= 11 is 0. The average Bonchev–Trinajstić information content (AvgIpc) is 3.58. The normalized spacial score (nSPS) is 14.3. The van der Waals surface area contributed by atoms with Crippen molar-refractivity contribution in [1.82, 2.24) is 29.2 Å². The fourth-order valence-electron chi connectivity index (χ4n) is 5.38. The number of nitriles is 1. The van der Waals surface area contributed by atoms with Crippen LogP contribution in [-0.4, -0.2) is 48.2 Å². The summed E-state index contributed by atoms with van der Waals surface area (Å²) in [5.74, 6) is -1.89. The van der Waals surface area contributed by atoms with Gasteiger partial charge in [0.05, 0.1) is 33.5 Å². The number of likely N-dealkylation sites (tertiary alicyclic amines) is 1. The summed E-state index contributed by atoms with van der Waals surface area (Å²) in [5.41, 5.74) is 0.608. The predicted octanol–water partition coefficient (Wildman–Crippen LogP) is 5.08. The Morgan fingerprint density at radius 3 is 2.52 bits per heavy atom. The van der Waals surface area contributed by atoms with Crippen LogP contribution in [0, 0.1) is 17.1 Å². The number of para-hydroxylation sites is 1. The smallest absolute Gasteiger partial charge is 0.337 e. The summed E-state index contributed by atoms with van der Waals surface area (Å²) in [7, 11) is 0. The van der Waals surface area contributed by atoms with Crippen LogP contribution >= 0.6 is 0 Å². The second-order valence-electron chi connectivity index (χ2n) is 9.87. The number of imidazole rings is 1. The monoisotopic (exact) mass is 575 g/mol. The van der Waals surface area contributed by atoms with Crippen molar-refractivity contribution in [2.24, 2.45) is 0 Å². The Morgan fingerprint density at radius 1 is 1.07 bits per heavy atom. The van der Waals surface area contributed by atoms with Gasteiger partial charge in [-0.2, -0.15) is 23.5 Å². The number of piperidine rings is 1. The fraction of sp³-hybridized carbons (Fsp3) is 0.207. The van der Waals surface area contributed by atoms with E-state index in [0.717, 1.165) is 12.1 Å². The first-order chi connectivity index (χ1) is 20.2. The summed E-state index contributed by atoms with van der Waals surface area (Å²) < 4.78 is 56.7. The predicted molar refractivity (Wildman–Crippen MR) is 143 cm³/mol. The average molecular weight is 576 g/mol. The van der Waals surface area contributed by atoms with Crippen molar-refractivity contribution >= 4 is 16.9 Å². The van der Waals surface area contributed by atoms with Gasteiger partial charge in [-0.1, -0.05) is 6.07 Å². The van der Waals surface area contributed by atoms with Gasteiger partial charge in [-0.15, -0.1) is 0 Å². The van der Waals surface area contributed by atoms with Gasteiger partial charge in [0.1, 0.15) is 11.9 Å². The van der Waals surface area contributed by atoms with Gasteiger partial charge < -0.3 is 9.88 Å². The van der Waals surface area contributed by atoms with Gasteiger partial charge in [0.25, 0.3) is 5.91 Å². The molecular formula is C29H21F4N7O2. The Balaban J connectivity index is 1.29. The van der Waals surface area contributed by atoms with Gasteiger partial charge in [0, 0.05) is 43.2 Å². The molecule has 0 atom stereocenters. The third-order valence-electron chi connectivity index (χ3n) is 7.36. The number of hydrogen-bond acceptors (Lipinski definition) is 5. The molecule has 4 heterocycles. The minimum Gasteiger partial charge on any atom is -0.337 e. The number of aromatic nitrogens is 5. The van der Waals surface area contributed by atoms with Crippen LogP contribution in [-0.2, 0) is 6.18 Å². The lowest BCUT2D eigenvalue weighted by atomic mass is 10.0. The molecule has 9 nitrogen and oxygen atoms in total. The number of aromatic amines is 1. The van der Waals surface area contributed by atoms with Crippen LogP contribution in [0.4, 0.5) is 17.6 Å². The molecule has 0 saturated carbocycles. The summed E-state index contributed by atoms with van der Waals surface area (Å²) in [6, 6.07) is 14.2.